The number of hydrazine groups is 1. The molecule has 0 spiro atoms. The molecule has 34 heavy (non-hydrogen) atoms. The molecule has 0 aromatic carbocycles. The van der Waals surface area contributed by atoms with E-state index in [2.05, 4.69) is 46.3 Å². The van der Waals surface area contributed by atoms with Crippen LogP contribution in [0.4, 0.5) is 5.82 Å². The summed E-state index contributed by atoms with van der Waals surface area (Å²) in [4.78, 5) is 21.6. The number of aliphatic hydroxyl groups is 1. The fraction of sp³-hybridized carbons (Fsp3) is 0.348. The number of nitrogens with zero attached hydrogens (tertiary/aromatic N) is 6. The number of hydrogen-bond acceptors (Lipinski definition) is 8. The summed E-state index contributed by atoms with van der Waals surface area (Å²) in [5.74, 6) is 11.5. The zero-order valence-electron chi connectivity index (χ0n) is 20.0. The van der Waals surface area contributed by atoms with Gasteiger partial charge >= 0.3 is 0 Å². The molecule has 1 amide bonds. The maximum absolute atomic E-state index is 13.0. The number of rotatable bonds is 6. The highest BCUT2D eigenvalue weighted by atomic mass is 16.3. The highest BCUT2D eigenvalue weighted by Crippen LogP contribution is 2.25. The number of hydrogen-bond donors (Lipinski definition) is 4. The average Bonchev–Trinajstić information content (AvgIpc) is 3.30. The van der Waals surface area contributed by atoms with Crippen LogP contribution in [0.15, 0.2) is 48.0 Å². The van der Waals surface area contributed by atoms with Crippen molar-refractivity contribution in [3.63, 3.8) is 0 Å². The second-order valence-corrected chi connectivity index (χ2v) is 8.98. The molecule has 3 rings (SSSR count). The first-order valence-corrected chi connectivity index (χ1v) is 10.8. The van der Waals surface area contributed by atoms with E-state index in [-0.39, 0.29) is 29.5 Å². The van der Waals surface area contributed by atoms with Crippen molar-refractivity contribution in [2.75, 3.05) is 11.9 Å². The predicted molar refractivity (Wildman–Crippen MR) is 131 cm³/mol. The Kier molecular flexibility index (Phi) is 7.28. The lowest BCUT2D eigenvalue weighted by Gasteiger charge is -2.25. The molecule has 0 saturated carbocycles. The molecule has 3 heterocycles. The molecule has 1 atom stereocenters. The molecule has 3 aromatic rings. The van der Waals surface area contributed by atoms with E-state index in [0.29, 0.717) is 5.69 Å². The van der Waals surface area contributed by atoms with Crippen LogP contribution in [-0.2, 0) is 5.54 Å². The van der Waals surface area contributed by atoms with Crippen LogP contribution >= 0.6 is 0 Å². The zero-order valence-corrected chi connectivity index (χ0v) is 20.0. The molecule has 0 saturated heterocycles. The van der Waals surface area contributed by atoms with Gasteiger partial charge in [-0.1, -0.05) is 6.07 Å². The maximum Gasteiger partial charge on any atom is 0.275 e. The van der Waals surface area contributed by atoms with Crippen LogP contribution in [-0.4, -0.2) is 54.3 Å². The number of amides is 1. The van der Waals surface area contributed by atoms with E-state index >= 15 is 0 Å². The van der Waals surface area contributed by atoms with Crippen molar-refractivity contribution in [1.82, 2.24) is 24.8 Å². The second-order valence-electron chi connectivity index (χ2n) is 8.98. The van der Waals surface area contributed by atoms with Crippen LogP contribution in [0.1, 0.15) is 49.4 Å². The third-order valence-electron chi connectivity index (χ3n) is 5.24. The number of pyridine rings is 2. The third kappa shape index (κ3) is 5.38. The summed E-state index contributed by atoms with van der Waals surface area (Å²) in [6.07, 6.45) is 5.39. The van der Waals surface area contributed by atoms with Gasteiger partial charge in [-0.2, -0.15) is 10.2 Å². The van der Waals surface area contributed by atoms with Gasteiger partial charge in [0.2, 0.25) is 0 Å². The van der Waals surface area contributed by atoms with Gasteiger partial charge in [0.25, 0.3) is 5.91 Å². The van der Waals surface area contributed by atoms with Crippen LogP contribution in [0.25, 0.3) is 11.1 Å². The smallest absolute Gasteiger partial charge is 0.275 e. The minimum absolute atomic E-state index is 0.157. The normalized spacial score (nSPS) is 13.0. The number of nitrogens with two attached hydrogens (primary N) is 2. The minimum atomic E-state index is -0.430. The number of carbonyl (C=O) groups is 1. The van der Waals surface area contributed by atoms with Crippen LogP contribution < -0.4 is 17.0 Å². The molecule has 0 aliphatic heterocycles. The Morgan fingerprint density at radius 3 is 2.65 bits per heavy atom. The van der Waals surface area contributed by atoms with Gasteiger partial charge in [-0.15, -0.1) is 0 Å². The van der Waals surface area contributed by atoms with E-state index in [4.69, 9.17) is 11.7 Å². The van der Waals surface area contributed by atoms with Crippen molar-refractivity contribution in [3.05, 3.63) is 59.8 Å². The summed E-state index contributed by atoms with van der Waals surface area (Å²) >= 11 is 0. The highest BCUT2D eigenvalue weighted by molar-refractivity contribution is 6.03. The van der Waals surface area contributed by atoms with Gasteiger partial charge in [-0.3, -0.25) is 19.5 Å². The van der Waals surface area contributed by atoms with Crippen LogP contribution in [0.3, 0.4) is 0 Å². The van der Waals surface area contributed by atoms with Crippen LogP contribution in [0, 0.1) is 6.92 Å². The Balaban J connectivity index is 1.85. The summed E-state index contributed by atoms with van der Waals surface area (Å²) < 4.78 is 1.88. The number of anilines is 1. The Labute approximate surface area is 198 Å². The van der Waals surface area contributed by atoms with E-state index in [1.165, 1.54) is 5.01 Å². The monoisotopic (exact) mass is 465 g/mol. The molecule has 0 fully saturated rings. The van der Waals surface area contributed by atoms with Gasteiger partial charge in [0.05, 0.1) is 24.4 Å². The number of aliphatic hydroxyl groups excluding tert-OH is 1. The lowest BCUT2D eigenvalue weighted by molar-refractivity contribution is 0.102. The summed E-state index contributed by atoms with van der Waals surface area (Å²) in [7, 11) is 0. The van der Waals surface area contributed by atoms with Crippen molar-refractivity contribution in [3.8, 4) is 11.1 Å². The summed E-state index contributed by atoms with van der Waals surface area (Å²) in [5.41, 5.74) is 3.11. The summed E-state index contributed by atoms with van der Waals surface area (Å²) in [6.45, 7) is 9.66. The molecule has 1 unspecified atom stereocenters. The van der Waals surface area contributed by atoms with Gasteiger partial charge in [0, 0.05) is 18.0 Å². The molecule has 11 heteroatoms. The van der Waals surface area contributed by atoms with E-state index in [1.54, 1.807) is 43.6 Å². The molecule has 0 aliphatic carbocycles. The molecular formula is C23H31N9O2. The first-order valence-electron chi connectivity index (χ1n) is 10.8. The number of aromatic nitrogens is 4. The number of amidine groups is 1. The highest BCUT2D eigenvalue weighted by Gasteiger charge is 2.19. The molecular weight excluding hydrogens is 434 g/mol. The summed E-state index contributed by atoms with van der Waals surface area (Å²) in [6, 6.07) is 6.28. The lowest BCUT2D eigenvalue weighted by Crippen LogP contribution is -2.47. The maximum atomic E-state index is 13.0. The van der Waals surface area contributed by atoms with E-state index in [9.17, 15) is 9.90 Å². The van der Waals surface area contributed by atoms with Gasteiger partial charge in [-0.25, -0.2) is 10.8 Å². The fourth-order valence-electron chi connectivity index (χ4n) is 3.16. The van der Waals surface area contributed by atoms with Crippen LogP contribution in [0.5, 0.6) is 0 Å². The largest absolute Gasteiger partial charge is 0.394 e. The number of carbonyl (C=O) groups excluding carboxylic acids is 1. The topological polar surface area (TPSA) is 161 Å². The first kappa shape index (κ1) is 24.8. The Hall–Kier alpha value is -3.83. The molecule has 6 N–H and O–H groups in total. The summed E-state index contributed by atoms with van der Waals surface area (Å²) in [5, 5.41) is 21.5. The first-order chi connectivity index (χ1) is 16.0. The molecule has 0 radical (unpaired) electrons. The van der Waals surface area contributed by atoms with Gasteiger partial charge < -0.3 is 16.3 Å². The Morgan fingerprint density at radius 1 is 1.29 bits per heavy atom. The standard InChI is InChI=1S/C23H31N9O2/c1-14-10-26-19(9-17(14)16-11-27-31(12-16)23(3,4)5)22(34)29-20-8-6-7-18(28-20)21(30-24)32(25)15(2)13-33/h6-12,15,33H,13,24-25H2,1-5H3,(H,28,29,34)/b30-21-. The Bertz CT molecular complexity index is 1200. The van der Waals surface area contributed by atoms with Crippen molar-refractivity contribution in [2.24, 2.45) is 16.8 Å². The van der Waals surface area contributed by atoms with E-state index in [0.717, 1.165) is 16.7 Å². The van der Waals surface area contributed by atoms with Crippen molar-refractivity contribution in [2.45, 2.75) is 46.2 Å². The van der Waals surface area contributed by atoms with Crippen LogP contribution in [0.2, 0.25) is 0 Å². The van der Waals surface area contributed by atoms with E-state index in [1.807, 2.05) is 17.8 Å². The SMILES string of the molecule is Cc1cnc(C(=O)Nc2cccc(/C(=N/N)N(N)C(C)CO)n2)cc1-c1cnn(C(C)(C)C)c1. The third-order valence-corrected chi connectivity index (χ3v) is 5.24. The van der Waals surface area contributed by atoms with Crippen molar-refractivity contribution >= 4 is 17.6 Å². The van der Waals surface area contributed by atoms with Crippen molar-refractivity contribution < 1.29 is 9.90 Å². The Morgan fingerprint density at radius 2 is 2.03 bits per heavy atom. The van der Waals surface area contributed by atoms with Gasteiger partial charge in [0.15, 0.2) is 5.84 Å². The minimum Gasteiger partial charge on any atom is -0.394 e. The number of hydrazone groups is 1. The average molecular weight is 466 g/mol. The fourth-order valence-corrected chi connectivity index (χ4v) is 3.16. The molecule has 0 aliphatic rings. The van der Waals surface area contributed by atoms with Crippen molar-refractivity contribution in [1.29, 1.82) is 0 Å². The number of nitrogens with one attached hydrogen (secondary N) is 1. The molecule has 180 valence electrons. The van der Waals surface area contributed by atoms with Gasteiger partial charge in [-0.05, 0) is 63.9 Å². The predicted octanol–water partition coefficient (Wildman–Crippen LogP) is 1.83. The van der Waals surface area contributed by atoms with Gasteiger partial charge in [0.1, 0.15) is 17.2 Å². The quantitative estimate of drug-likeness (QED) is 0.186. The second kappa shape index (κ2) is 9.98. The lowest BCUT2D eigenvalue weighted by atomic mass is 10.0. The molecule has 11 nitrogen and oxygen atoms in total. The zero-order chi connectivity index (χ0) is 25.0. The number of aryl methyl sites for hydroxylation is 1. The molecule has 3 aromatic heterocycles. The molecule has 0 bridgehead atoms. The van der Waals surface area contributed by atoms with E-state index < -0.39 is 11.9 Å².